The quantitative estimate of drug-likeness (QED) is 0.742. The zero-order valence-corrected chi connectivity index (χ0v) is 11.4. The Morgan fingerprint density at radius 3 is 2.61 bits per heavy atom. The lowest BCUT2D eigenvalue weighted by Gasteiger charge is -2.35. The van der Waals surface area contributed by atoms with Crippen molar-refractivity contribution >= 4 is 15.9 Å². The van der Waals surface area contributed by atoms with Gasteiger partial charge >= 0.3 is 0 Å². The van der Waals surface area contributed by atoms with Crippen molar-refractivity contribution < 1.29 is 13.2 Å². The fourth-order valence-electron chi connectivity index (χ4n) is 2.68. The minimum Gasteiger partial charge on any atom is -0.337 e. The fraction of sp³-hybridized carbons (Fsp3) is 0.909. The Hall–Kier alpha value is -0.660. The lowest BCUT2D eigenvalue weighted by molar-refractivity contribution is -0.134. The van der Waals surface area contributed by atoms with Gasteiger partial charge in [-0.15, -0.1) is 0 Å². The van der Waals surface area contributed by atoms with E-state index in [-0.39, 0.29) is 24.2 Å². The van der Waals surface area contributed by atoms with Crippen LogP contribution in [0.25, 0.3) is 0 Å². The topological polar surface area (TPSA) is 83.7 Å². The normalized spacial score (nSPS) is 28.5. The third-order valence-corrected chi connectivity index (χ3v) is 5.64. The van der Waals surface area contributed by atoms with Gasteiger partial charge in [0, 0.05) is 25.7 Å². The molecular formula is C11H21N3O3S. The number of piperidine rings is 1. The Labute approximate surface area is 108 Å². The standard InChI is InChI=1S/C11H21N3O3S/c12-8-10-4-1-2-6-14(10)11(15)9-13-5-3-7-18(13,16)17/h10H,1-9,12H2. The van der Waals surface area contributed by atoms with E-state index in [1.165, 1.54) is 4.31 Å². The van der Waals surface area contributed by atoms with Crippen LogP contribution in [0.15, 0.2) is 0 Å². The van der Waals surface area contributed by atoms with E-state index < -0.39 is 10.0 Å². The maximum absolute atomic E-state index is 12.2. The second kappa shape index (κ2) is 5.54. The molecule has 0 saturated carbocycles. The van der Waals surface area contributed by atoms with E-state index in [0.29, 0.717) is 26.1 Å². The first-order valence-corrected chi connectivity index (χ1v) is 8.13. The summed E-state index contributed by atoms with van der Waals surface area (Å²) >= 11 is 0. The summed E-state index contributed by atoms with van der Waals surface area (Å²) in [6, 6.07) is 0.0801. The first-order valence-electron chi connectivity index (χ1n) is 6.52. The largest absolute Gasteiger partial charge is 0.337 e. The van der Waals surface area contributed by atoms with Crippen molar-refractivity contribution in [2.45, 2.75) is 31.7 Å². The molecule has 0 aromatic heterocycles. The first kappa shape index (κ1) is 13.8. The Balaban J connectivity index is 1.98. The smallest absolute Gasteiger partial charge is 0.238 e. The fourth-order valence-corrected chi connectivity index (χ4v) is 4.15. The third-order valence-electron chi connectivity index (χ3n) is 3.73. The Morgan fingerprint density at radius 1 is 1.22 bits per heavy atom. The van der Waals surface area contributed by atoms with Gasteiger partial charge in [0.2, 0.25) is 15.9 Å². The highest BCUT2D eigenvalue weighted by Crippen LogP contribution is 2.18. The number of carbonyl (C=O) groups excluding carboxylic acids is 1. The number of nitrogens with zero attached hydrogens (tertiary/aromatic N) is 2. The Bertz CT molecular complexity index is 410. The maximum Gasteiger partial charge on any atom is 0.238 e. The molecule has 0 aromatic carbocycles. The maximum atomic E-state index is 12.2. The van der Waals surface area contributed by atoms with Crippen LogP contribution in [0.2, 0.25) is 0 Å². The molecule has 2 aliphatic rings. The molecule has 2 heterocycles. The third kappa shape index (κ3) is 2.84. The minimum atomic E-state index is -3.19. The highest BCUT2D eigenvalue weighted by atomic mass is 32.2. The monoisotopic (exact) mass is 275 g/mol. The molecule has 0 aliphatic carbocycles. The van der Waals surface area contributed by atoms with Gasteiger partial charge in [0.05, 0.1) is 12.3 Å². The van der Waals surface area contributed by atoms with Crippen LogP contribution in [0.5, 0.6) is 0 Å². The summed E-state index contributed by atoms with van der Waals surface area (Å²) in [7, 11) is -3.19. The van der Waals surface area contributed by atoms with Crippen LogP contribution in [-0.2, 0) is 14.8 Å². The summed E-state index contributed by atoms with van der Waals surface area (Å²) in [6.07, 6.45) is 3.62. The number of hydrogen-bond donors (Lipinski definition) is 1. The van der Waals surface area contributed by atoms with E-state index >= 15 is 0 Å². The highest BCUT2D eigenvalue weighted by Gasteiger charge is 2.33. The van der Waals surface area contributed by atoms with Crippen molar-refractivity contribution in [1.82, 2.24) is 9.21 Å². The molecule has 6 nitrogen and oxygen atoms in total. The van der Waals surface area contributed by atoms with Gasteiger partial charge in [-0.25, -0.2) is 8.42 Å². The lowest BCUT2D eigenvalue weighted by Crippen LogP contribution is -2.50. The summed E-state index contributed by atoms with van der Waals surface area (Å²) in [6.45, 7) is 1.61. The van der Waals surface area contributed by atoms with Crippen LogP contribution in [0.1, 0.15) is 25.7 Å². The molecule has 2 fully saturated rings. The van der Waals surface area contributed by atoms with E-state index in [0.717, 1.165) is 19.3 Å². The number of carbonyl (C=O) groups is 1. The molecule has 104 valence electrons. The predicted molar refractivity (Wildman–Crippen MR) is 68.4 cm³/mol. The van der Waals surface area contributed by atoms with E-state index in [2.05, 4.69) is 0 Å². The van der Waals surface area contributed by atoms with Gasteiger partial charge < -0.3 is 10.6 Å². The predicted octanol–water partition coefficient (Wildman–Crippen LogP) is -0.638. The van der Waals surface area contributed by atoms with Crippen molar-refractivity contribution in [2.75, 3.05) is 31.9 Å². The SMILES string of the molecule is NCC1CCCCN1C(=O)CN1CCCS1(=O)=O. The molecule has 1 atom stereocenters. The molecule has 0 bridgehead atoms. The van der Waals surface area contributed by atoms with E-state index in [4.69, 9.17) is 5.73 Å². The molecule has 0 radical (unpaired) electrons. The van der Waals surface area contributed by atoms with Crippen LogP contribution in [0, 0.1) is 0 Å². The van der Waals surface area contributed by atoms with Gasteiger partial charge in [-0.05, 0) is 25.7 Å². The molecule has 1 unspecified atom stereocenters. The molecular weight excluding hydrogens is 254 g/mol. The van der Waals surface area contributed by atoms with Gasteiger partial charge in [-0.2, -0.15) is 4.31 Å². The van der Waals surface area contributed by atoms with Crippen molar-refractivity contribution in [2.24, 2.45) is 5.73 Å². The van der Waals surface area contributed by atoms with E-state index in [9.17, 15) is 13.2 Å². The minimum absolute atomic E-state index is 0.0150. The molecule has 0 spiro atoms. The highest BCUT2D eigenvalue weighted by molar-refractivity contribution is 7.89. The van der Waals surface area contributed by atoms with Crippen LogP contribution in [0.3, 0.4) is 0 Å². The van der Waals surface area contributed by atoms with Crippen LogP contribution in [-0.4, -0.2) is 61.5 Å². The Morgan fingerprint density at radius 2 is 2.00 bits per heavy atom. The second-order valence-electron chi connectivity index (χ2n) is 4.98. The van der Waals surface area contributed by atoms with Crippen LogP contribution in [0.4, 0.5) is 0 Å². The van der Waals surface area contributed by atoms with Crippen molar-refractivity contribution in [3.8, 4) is 0 Å². The van der Waals surface area contributed by atoms with Gasteiger partial charge in [0.15, 0.2) is 0 Å². The van der Waals surface area contributed by atoms with Crippen molar-refractivity contribution in [1.29, 1.82) is 0 Å². The Kier molecular flexibility index (Phi) is 4.24. The van der Waals surface area contributed by atoms with Crippen molar-refractivity contribution in [3.05, 3.63) is 0 Å². The molecule has 2 rings (SSSR count). The summed E-state index contributed by atoms with van der Waals surface area (Å²) in [5.41, 5.74) is 5.67. The average Bonchev–Trinajstić information content (AvgIpc) is 2.68. The average molecular weight is 275 g/mol. The number of amides is 1. The molecule has 2 aliphatic heterocycles. The van der Waals surface area contributed by atoms with Gasteiger partial charge in [0.1, 0.15) is 0 Å². The van der Waals surface area contributed by atoms with Crippen molar-refractivity contribution in [3.63, 3.8) is 0 Å². The second-order valence-corrected chi connectivity index (χ2v) is 7.06. The summed E-state index contributed by atoms with van der Waals surface area (Å²) in [5, 5.41) is 0. The van der Waals surface area contributed by atoms with Crippen LogP contribution >= 0.6 is 0 Å². The molecule has 1 amide bonds. The first-order chi connectivity index (χ1) is 8.54. The number of rotatable bonds is 3. The number of hydrogen-bond acceptors (Lipinski definition) is 4. The van der Waals surface area contributed by atoms with Gasteiger partial charge in [-0.1, -0.05) is 0 Å². The molecule has 2 saturated heterocycles. The van der Waals surface area contributed by atoms with E-state index in [1.54, 1.807) is 4.90 Å². The molecule has 2 N–H and O–H groups in total. The van der Waals surface area contributed by atoms with Gasteiger partial charge in [0.25, 0.3) is 0 Å². The zero-order valence-electron chi connectivity index (χ0n) is 10.5. The van der Waals surface area contributed by atoms with Crippen LogP contribution < -0.4 is 5.73 Å². The van der Waals surface area contributed by atoms with E-state index in [1.807, 2.05) is 0 Å². The lowest BCUT2D eigenvalue weighted by atomic mass is 10.0. The summed E-state index contributed by atoms with van der Waals surface area (Å²) in [5.74, 6) is 0.0660. The number of sulfonamides is 1. The summed E-state index contributed by atoms with van der Waals surface area (Å²) < 4.78 is 24.6. The molecule has 0 aromatic rings. The molecule has 7 heteroatoms. The molecule has 18 heavy (non-hydrogen) atoms. The van der Waals surface area contributed by atoms with Gasteiger partial charge in [-0.3, -0.25) is 4.79 Å². The zero-order chi connectivity index (χ0) is 13.2. The number of likely N-dealkylation sites (tertiary alicyclic amines) is 1. The number of nitrogens with two attached hydrogens (primary N) is 1. The summed E-state index contributed by atoms with van der Waals surface area (Å²) in [4.78, 5) is 13.9.